The standard InChI is InChI=1S/C13H18FN/c1-10-6-3-4-7-11(10)13(2,14)12-8-5-9-15-12/h3-4,6-7,12,15H,5,8-9H2,1-2H3. The molecule has 1 N–H and O–H groups in total. The zero-order chi connectivity index (χ0) is 10.9. The smallest absolute Gasteiger partial charge is 0.148 e. The van der Waals surface area contributed by atoms with Gasteiger partial charge in [-0.25, -0.2) is 4.39 Å². The van der Waals surface area contributed by atoms with Gasteiger partial charge in [0, 0.05) is 6.04 Å². The first-order chi connectivity index (χ1) is 7.12. The van der Waals surface area contributed by atoms with E-state index in [0.717, 1.165) is 30.5 Å². The van der Waals surface area contributed by atoms with Crippen molar-refractivity contribution in [1.82, 2.24) is 5.32 Å². The summed E-state index contributed by atoms with van der Waals surface area (Å²) in [5.41, 5.74) is 0.613. The van der Waals surface area contributed by atoms with Gasteiger partial charge in [0.1, 0.15) is 5.67 Å². The maximum atomic E-state index is 14.7. The summed E-state index contributed by atoms with van der Waals surface area (Å²) in [4.78, 5) is 0. The molecule has 0 amide bonds. The van der Waals surface area contributed by atoms with Crippen molar-refractivity contribution in [2.75, 3.05) is 6.54 Å². The Hall–Kier alpha value is -0.890. The van der Waals surface area contributed by atoms with Crippen LogP contribution < -0.4 is 5.32 Å². The first-order valence-electron chi connectivity index (χ1n) is 5.61. The van der Waals surface area contributed by atoms with Crippen molar-refractivity contribution < 1.29 is 4.39 Å². The predicted octanol–water partition coefficient (Wildman–Crippen LogP) is 2.93. The van der Waals surface area contributed by atoms with E-state index in [-0.39, 0.29) is 6.04 Å². The molecule has 82 valence electrons. The minimum atomic E-state index is -1.25. The third-order valence-electron chi connectivity index (χ3n) is 3.39. The van der Waals surface area contributed by atoms with E-state index in [4.69, 9.17) is 0 Å². The highest BCUT2D eigenvalue weighted by Gasteiger charge is 2.38. The van der Waals surface area contributed by atoms with E-state index in [1.165, 1.54) is 0 Å². The highest BCUT2D eigenvalue weighted by atomic mass is 19.1. The lowest BCUT2D eigenvalue weighted by atomic mass is 9.86. The van der Waals surface area contributed by atoms with Gasteiger partial charge in [-0.3, -0.25) is 0 Å². The Labute approximate surface area is 90.7 Å². The quantitative estimate of drug-likeness (QED) is 0.786. The molecule has 2 unspecified atom stereocenters. The summed E-state index contributed by atoms with van der Waals surface area (Å²) in [6.07, 6.45) is 2.01. The SMILES string of the molecule is Cc1ccccc1C(C)(F)C1CCCN1. The molecule has 1 heterocycles. The summed E-state index contributed by atoms with van der Waals surface area (Å²) >= 11 is 0. The van der Waals surface area contributed by atoms with Crippen LogP contribution in [0.4, 0.5) is 4.39 Å². The molecule has 1 nitrogen and oxygen atoms in total. The molecule has 0 spiro atoms. The summed E-state index contributed by atoms with van der Waals surface area (Å²) in [6.45, 7) is 4.61. The Balaban J connectivity index is 2.31. The van der Waals surface area contributed by atoms with Crippen LogP contribution in [-0.2, 0) is 5.67 Å². The molecule has 1 aliphatic heterocycles. The second-order valence-electron chi connectivity index (χ2n) is 4.54. The van der Waals surface area contributed by atoms with Crippen LogP contribution in [-0.4, -0.2) is 12.6 Å². The summed E-state index contributed by atoms with van der Waals surface area (Å²) in [6, 6.07) is 7.71. The van der Waals surface area contributed by atoms with Crippen molar-refractivity contribution in [1.29, 1.82) is 0 Å². The van der Waals surface area contributed by atoms with Gasteiger partial charge >= 0.3 is 0 Å². The Bertz CT molecular complexity index is 340. The summed E-state index contributed by atoms with van der Waals surface area (Å²) < 4.78 is 14.7. The molecule has 1 fully saturated rings. The van der Waals surface area contributed by atoms with Crippen molar-refractivity contribution in [3.8, 4) is 0 Å². The van der Waals surface area contributed by atoms with E-state index in [2.05, 4.69) is 5.32 Å². The van der Waals surface area contributed by atoms with Gasteiger partial charge in [-0.05, 0) is 44.4 Å². The van der Waals surface area contributed by atoms with Gasteiger partial charge in [-0.2, -0.15) is 0 Å². The summed E-state index contributed by atoms with van der Waals surface area (Å²) in [5.74, 6) is 0. The highest BCUT2D eigenvalue weighted by molar-refractivity contribution is 5.32. The maximum Gasteiger partial charge on any atom is 0.148 e. The largest absolute Gasteiger partial charge is 0.311 e. The molecular weight excluding hydrogens is 189 g/mol. The van der Waals surface area contributed by atoms with Crippen LogP contribution in [0.15, 0.2) is 24.3 Å². The first-order valence-corrected chi connectivity index (χ1v) is 5.61. The number of aryl methyl sites for hydroxylation is 1. The summed E-state index contributed by atoms with van der Waals surface area (Å²) in [7, 11) is 0. The Morgan fingerprint density at radius 3 is 2.73 bits per heavy atom. The van der Waals surface area contributed by atoms with Crippen LogP contribution >= 0.6 is 0 Å². The molecule has 0 aromatic heterocycles. The first kappa shape index (κ1) is 10.6. The van der Waals surface area contributed by atoms with E-state index < -0.39 is 5.67 Å². The van der Waals surface area contributed by atoms with E-state index in [1.54, 1.807) is 6.92 Å². The number of benzene rings is 1. The molecule has 0 saturated carbocycles. The van der Waals surface area contributed by atoms with Crippen molar-refractivity contribution in [3.63, 3.8) is 0 Å². The fourth-order valence-electron chi connectivity index (χ4n) is 2.46. The van der Waals surface area contributed by atoms with Crippen LogP contribution in [0, 0.1) is 6.92 Å². The number of alkyl halides is 1. The van der Waals surface area contributed by atoms with Gasteiger partial charge in [0.2, 0.25) is 0 Å². The Morgan fingerprint density at radius 2 is 2.13 bits per heavy atom. The van der Waals surface area contributed by atoms with Gasteiger partial charge in [0.15, 0.2) is 0 Å². The highest BCUT2D eigenvalue weighted by Crippen LogP contribution is 2.35. The molecule has 0 radical (unpaired) electrons. The molecule has 1 aliphatic rings. The van der Waals surface area contributed by atoms with Gasteiger partial charge < -0.3 is 5.32 Å². The molecule has 0 aliphatic carbocycles. The fraction of sp³-hybridized carbons (Fsp3) is 0.538. The van der Waals surface area contributed by atoms with Crippen LogP contribution in [0.25, 0.3) is 0 Å². The number of nitrogens with one attached hydrogen (secondary N) is 1. The van der Waals surface area contributed by atoms with Crippen LogP contribution in [0.3, 0.4) is 0 Å². The molecule has 15 heavy (non-hydrogen) atoms. The number of rotatable bonds is 2. The number of hydrogen-bond donors (Lipinski definition) is 1. The molecule has 2 atom stereocenters. The van der Waals surface area contributed by atoms with Gasteiger partial charge in [0.05, 0.1) is 0 Å². The second kappa shape index (κ2) is 3.93. The van der Waals surface area contributed by atoms with E-state index in [9.17, 15) is 4.39 Å². The molecule has 1 saturated heterocycles. The molecule has 1 aromatic carbocycles. The zero-order valence-corrected chi connectivity index (χ0v) is 9.39. The van der Waals surface area contributed by atoms with E-state index in [1.807, 2.05) is 31.2 Å². The van der Waals surface area contributed by atoms with Gasteiger partial charge in [-0.1, -0.05) is 24.3 Å². The average Bonchev–Trinajstić information content (AvgIpc) is 2.71. The Morgan fingerprint density at radius 1 is 1.40 bits per heavy atom. The molecule has 2 rings (SSSR count). The normalized spacial score (nSPS) is 25.1. The third-order valence-corrected chi connectivity index (χ3v) is 3.39. The Kier molecular flexibility index (Phi) is 2.79. The van der Waals surface area contributed by atoms with Crippen molar-refractivity contribution in [3.05, 3.63) is 35.4 Å². The monoisotopic (exact) mass is 207 g/mol. The van der Waals surface area contributed by atoms with Gasteiger partial charge in [-0.15, -0.1) is 0 Å². The van der Waals surface area contributed by atoms with E-state index >= 15 is 0 Å². The number of halogens is 1. The second-order valence-corrected chi connectivity index (χ2v) is 4.54. The predicted molar refractivity (Wildman–Crippen MR) is 60.7 cm³/mol. The van der Waals surface area contributed by atoms with Gasteiger partial charge in [0.25, 0.3) is 0 Å². The van der Waals surface area contributed by atoms with Crippen LogP contribution in [0.5, 0.6) is 0 Å². The summed E-state index contributed by atoms with van der Waals surface area (Å²) in [5, 5.41) is 3.25. The van der Waals surface area contributed by atoms with Crippen molar-refractivity contribution in [2.45, 2.75) is 38.4 Å². The third kappa shape index (κ3) is 1.91. The lowest BCUT2D eigenvalue weighted by Gasteiger charge is -2.29. The van der Waals surface area contributed by atoms with Crippen molar-refractivity contribution in [2.24, 2.45) is 0 Å². The minimum absolute atomic E-state index is 0.0291. The maximum absolute atomic E-state index is 14.7. The average molecular weight is 207 g/mol. The van der Waals surface area contributed by atoms with Crippen LogP contribution in [0.1, 0.15) is 30.9 Å². The molecule has 1 aromatic rings. The van der Waals surface area contributed by atoms with E-state index in [0.29, 0.717) is 0 Å². The topological polar surface area (TPSA) is 12.0 Å². The minimum Gasteiger partial charge on any atom is -0.311 e. The van der Waals surface area contributed by atoms with Crippen molar-refractivity contribution >= 4 is 0 Å². The molecular formula is C13H18FN. The number of hydrogen-bond acceptors (Lipinski definition) is 1. The van der Waals surface area contributed by atoms with Crippen LogP contribution in [0.2, 0.25) is 0 Å². The molecule has 0 bridgehead atoms. The lowest BCUT2D eigenvalue weighted by molar-refractivity contribution is 0.136. The lowest BCUT2D eigenvalue weighted by Crippen LogP contribution is -2.40. The zero-order valence-electron chi connectivity index (χ0n) is 9.39. The molecule has 2 heteroatoms. The fourth-order valence-corrected chi connectivity index (χ4v) is 2.46.